The highest BCUT2D eigenvalue weighted by Crippen LogP contribution is 2.25. The maximum atomic E-state index is 14.3. The molecule has 0 radical (unpaired) electrons. The van der Waals surface area contributed by atoms with E-state index in [1.165, 1.54) is 41.1 Å². The fraction of sp³-hybridized carbons (Fsp3) is 0.0435. The van der Waals surface area contributed by atoms with Gasteiger partial charge in [-0.3, -0.25) is 4.79 Å². The standard InChI is InChI=1S/C23H17F2N3O2/c1-30-18-12-10-17(11-13-18)28-22(23(29)26-16-8-6-15(24)7-9-16)14-21(27-28)19-4-2-3-5-20(19)25/h2-14H,1H3,(H,26,29). The molecule has 0 unspecified atom stereocenters. The summed E-state index contributed by atoms with van der Waals surface area (Å²) in [5, 5.41) is 7.17. The van der Waals surface area contributed by atoms with E-state index in [9.17, 15) is 13.6 Å². The van der Waals surface area contributed by atoms with E-state index in [4.69, 9.17) is 4.74 Å². The highest BCUT2D eigenvalue weighted by Gasteiger charge is 2.19. The lowest BCUT2D eigenvalue weighted by atomic mass is 10.1. The minimum absolute atomic E-state index is 0.197. The third-order valence-electron chi connectivity index (χ3n) is 4.51. The van der Waals surface area contributed by atoms with Crippen LogP contribution in [0.5, 0.6) is 5.75 Å². The minimum Gasteiger partial charge on any atom is -0.497 e. The molecule has 0 aliphatic carbocycles. The molecule has 3 aromatic carbocycles. The van der Waals surface area contributed by atoms with Crippen LogP contribution in [0.1, 0.15) is 10.5 Å². The summed E-state index contributed by atoms with van der Waals surface area (Å²) in [6.07, 6.45) is 0. The molecular formula is C23H17F2N3O2. The van der Waals surface area contributed by atoms with Crippen LogP contribution in [-0.4, -0.2) is 22.8 Å². The molecule has 1 amide bonds. The van der Waals surface area contributed by atoms with Gasteiger partial charge >= 0.3 is 0 Å². The smallest absolute Gasteiger partial charge is 0.274 e. The van der Waals surface area contributed by atoms with Crippen molar-refractivity contribution in [2.24, 2.45) is 0 Å². The number of methoxy groups -OCH3 is 1. The summed E-state index contributed by atoms with van der Waals surface area (Å²) in [5.41, 5.74) is 1.82. The van der Waals surface area contributed by atoms with Gasteiger partial charge in [0.15, 0.2) is 0 Å². The van der Waals surface area contributed by atoms with E-state index in [1.54, 1.807) is 49.6 Å². The van der Waals surface area contributed by atoms with Crippen molar-refractivity contribution >= 4 is 11.6 Å². The number of ether oxygens (including phenoxy) is 1. The molecule has 4 rings (SSSR count). The summed E-state index contributed by atoms with van der Waals surface area (Å²) in [6.45, 7) is 0. The average Bonchev–Trinajstić information content (AvgIpc) is 3.21. The third kappa shape index (κ3) is 3.91. The second-order valence-electron chi connectivity index (χ2n) is 6.47. The number of anilines is 1. The Morgan fingerprint density at radius 1 is 0.967 bits per heavy atom. The van der Waals surface area contributed by atoms with Crippen LogP contribution in [0.3, 0.4) is 0 Å². The first kappa shape index (κ1) is 19.3. The number of rotatable bonds is 5. The molecule has 30 heavy (non-hydrogen) atoms. The highest BCUT2D eigenvalue weighted by molar-refractivity contribution is 6.04. The Morgan fingerprint density at radius 3 is 2.33 bits per heavy atom. The minimum atomic E-state index is -0.465. The van der Waals surface area contributed by atoms with Crippen LogP contribution in [0.15, 0.2) is 78.9 Å². The average molecular weight is 405 g/mol. The summed E-state index contributed by atoms with van der Waals surface area (Å²) in [7, 11) is 1.56. The first-order chi connectivity index (χ1) is 14.5. The quantitative estimate of drug-likeness (QED) is 0.504. The van der Waals surface area contributed by atoms with Gasteiger partial charge in [0, 0.05) is 11.3 Å². The Bertz CT molecular complexity index is 1190. The lowest BCUT2D eigenvalue weighted by Gasteiger charge is -2.09. The summed E-state index contributed by atoms with van der Waals surface area (Å²) in [5.74, 6) is -0.662. The van der Waals surface area contributed by atoms with Crippen LogP contribution in [0.25, 0.3) is 16.9 Å². The fourth-order valence-corrected chi connectivity index (χ4v) is 2.99. The Morgan fingerprint density at radius 2 is 1.67 bits per heavy atom. The van der Waals surface area contributed by atoms with Gasteiger partial charge in [0.05, 0.1) is 18.5 Å². The van der Waals surface area contributed by atoms with Crippen molar-refractivity contribution in [3.63, 3.8) is 0 Å². The molecule has 5 nitrogen and oxygen atoms in total. The van der Waals surface area contributed by atoms with Crippen molar-refractivity contribution in [2.75, 3.05) is 12.4 Å². The number of hydrogen-bond donors (Lipinski definition) is 1. The van der Waals surface area contributed by atoms with Crippen molar-refractivity contribution in [3.8, 4) is 22.7 Å². The Balaban J connectivity index is 1.77. The van der Waals surface area contributed by atoms with Gasteiger partial charge in [0.2, 0.25) is 0 Å². The van der Waals surface area contributed by atoms with Crippen LogP contribution in [0.4, 0.5) is 14.5 Å². The first-order valence-corrected chi connectivity index (χ1v) is 9.11. The molecule has 0 aliphatic heterocycles. The molecule has 1 N–H and O–H groups in total. The van der Waals surface area contributed by atoms with E-state index in [2.05, 4.69) is 10.4 Å². The number of carbonyl (C=O) groups is 1. The van der Waals surface area contributed by atoms with Crippen LogP contribution < -0.4 is 10.1 Å². The van der Waals surface area contributed by atoms with E-state index in [0.717, 1.165) is 0 Å². The van der Waals surface area contributed by atoms with Gasteiger partial charge in [-0.2, -0.15) is 5.10 Å². The van der Waals surface area contributed by atoms with Crippen LogP contribution in [0.2, 0.25) is 0 Å². The number of benzene rings is 3. The second-order valence-corrected chi connectivity index (χ2v) is 6.47. The normalized spacial score (nSPS) is 10.6. The number of nitrogens with zero attached hydrogens (tertiary/aromatic N) is 2. The van der Waals surface area contributed by atoms with E-state index < -0.39 is 17.5 Å². The SMILES string of the molecule is COc1ccc(-n2nc(-c3ccccc3F)cc2C(=O)Nc2ccc(F)cc2)cc1. The van der Waals surface area contributed by atoms with Gasteiger partial charge in [0.25, 0.3) is 5.91 Å². The molecule has 0 saturated carbocycles. The zero-order valence-electron chi connectivity index (χ0n) is 16.0. The van der Waals surface area contributed by atoms with Crippen LogP contribution in [-0.2, 0) is 0 Å². The lowest BCUT2D eigenvalue weighted by molar-refractivity contribution is 0.101. The molecule has 1 aromatic heterocycles. The molecular weight excluding hydrogens is 388 g/mol. The van der Waals surface area contributed by atoms with Crippen molar-refractivity contribution in [2.45, 2.75) is 0 Å². The molecule has 150 valence electrons. The van der Waals surface area contributed by atoms with E-state index in [-0.39, 0.29) is 11.3 Å². The van der Waals surface area contributed by atoms with Crippen LogP contribution in [0, 0.1) is 11.6 Å². The third-order valence-corrected chi connectivity index (χ3v) is 4.51. The van der Waals surface area contributed by atoms with Gasteiger partial charge in [-0.1, -0.05) is 12.1 Å². The van der Waals surface area contributed by atoms with Crippen molar-refractivity contribution < 1.29 is 18.3 Å². The molecule has 0 atom stereocenters. The number of amides is 1. The number of carbonyl (C=O) groups excluding carboxylic acids is 1. The Kier molecular flexibility index (Phi) is 5.26. The molecule has 0 aliphatic rings. The molecule has 4 aromatic rings. The zero-order valence-corrected chi connectivity index (χ0v) is 16.0. The molecule has 0 saturated heterocycles. The van der Waals surface area contributed by atoms with E-state index >= 15 is 0 Å². The lowest BCUT2D eigenvalue weighted by Crippen LogP contribution is -2.17. The Hall–Kier alpha value is -4.00. The van der Waals surface area contributed by atoms with Gasteiger partial charge < -0.3 is 10.1 Å². The number of halogens is 2. The molecule has 0 bridgehead atoms. The van der Waals surface area contributed by atoms with Crippen molar-refractivity contribution in [1.82, 2.24) is 9.78 Å². The molecule has 1 heterocycles. The predicted molar refractivity (Wildman–Crippen MR) is 110 cm³/mol. The topological polar surface area (TPSA) is 56.2 Å². The summed E-state index contributed by atoms with van der Waals surface area (Å²) in [4.78, 5) is 13.0. The van der Waals surface area contributed by atoms with E-state index in [1.807, 2.05) is 0 Å². The second kappa shape index (κ2) is 8.16. The zero-order chi connectivity index (χ0) is 21.1. The molecule has 0 spiro atoms. The number of nitrogens with one attached hydrogen (secondary N) is 1. The predicted octanol–water partition coefficient (Wildman–Crippen LogP) is 5.08. The van der Waals surface area contributed by atoms with Gasteiger partial charge in [-0.25, -0.2) is 13.5 Å². The van der Waals surface area contributed by atoms with E-state index in [0.29, 0.717) is 22.8 Å². The first-order valence-electron chi connectivity index (χ1n) is 9.11. The number of aromatic nitrogens is 2. The van der Waals surface area contributed by atoms with Crippen LogP contribution >= 0.6 is 0 Å². The van der Waals surface area contributed by atoms with Gasteiger partial charge in [-0.15, -0.1) is 0 Å². The van der Waals surface area contributed by atoms with Crippen molar-refractivity contribution in [3.05, 3.63) is 96.2 Å². The maximum Gasteiger partial charge on any atom is 0.274 e. The van der Waals surface area contributed by atoms with Crippen molar-refractivity contribution in [1.29, 1.82) is 0 Å². The summed E-state index contributed by atoms with van der Waals surface area (Å²) in [6, 6.07) is 20.1. The monoisotopic (exact) mass is 405 g/mol. The van der Waals surface area contributed by atoms with Gasteiger partial charge in [-0.05, 0) is 66.7 Å². The summed E-state index contributed by atoms with van der Waals surface area (Å²) < 4.78 is 34.1. The number of hydrogen-bond acceptors (Lipinski definition) is 3. The summed E-state index contributed by atoms with van der Waals surface area (Å²) >= 11 is 0. The largest absolute Gasteiger partial charge is 0.497 e. The molecule has 0 fully saturated rings. The highest BCUT2D eigenvalue weighted by atomic mass is 19.1. The fourth-order valence-electron chi connectivity index (χ4n) is 2.99. The Labute approximate surface area is 171 Å². The van der Waals surface area contributed by atoms with Gasteiger partial charge in [0.1, 0.15) is 23.1 Å². The molecule has 7 heteroatoms. The maximum absolute atomic E-state index is 14.3.